The second-order valence-electron chi connectivity index (χ2n) is 11.5. The summed E-state index contributed by atoms with van der Waals surface area (Å²) in [5.41, 5.74) is 3.54. The monoisotopic (exact) mass is 480 g/mol. The molecule has 4 bridgehead atoms. The van der Waals surface area contributed by atoms with Crippen LogP contribution in [0.2, 0.25) is 0 Å². The van der Waals surface area contributed by atoms with E-state index in [4.69, 9.17) is 9.47 Å². The standard InChI is InChI=1S/C33H36O3/c1-33(28-17-24-16-25(19-28)20-29(33)18-24)36-32(34)22-35-30-14-12-27(13-15-30)31(26-10-6-3-7-11-26)21-23-8-4-2-5-9-23/h2-15,24-25,28-29,31H,16-22H2,1H3. The van der Waals surface area contributed by atoms with E-state index in [1.165, 1.54) is 48.8 Å². The molecule has 0 spiro atoms. The molecule has 4 fully saturated rings. The molecule has 0 N–H and O–H groups in total. The van der Waals surface area contributed by atoms with Gasteiger partial charge in [-0.15, -0.1) is 0 Å². The van der Waals surface area contributed by atoms with Crippen molar-refractivity contribution >= 4 is 5.97 Å². The van der Waals surface area contributed by atoms with Gasteiger partial charge < -0.3 is 9.47 Å². The predicted molar refractivity (Wildman–Crippen MR) is 142 cm³/mol. The van der Waals surface area contributed by atoms with Crippen molar-refractivity contribution in [1.82, 2.24) is 0 Å². The molecule has 36 heavy (non-hydrogen) atoms. The van der Waals surface area contributed by atoms with E-state index < -0.39 is 0 Å². The Morgan fingerprint density at radius 2 is 1.33 bits per heavy atom. The molecule has 3 heteroatoms. The Balaban J connectivity index is 1.10. The number of hydrogen-bond donors (Lipinski definition) is 0. The van der Waals surface area contributed by atoms with Gasteiger partial charge in [0.25, 0.3) is 0 Å². The molecule has 4 aliphatic carbocycles. The molecule has 7 rings (SSSR count). The van der Waals surface area contributed by atoms with Gasteiger partial charge in [-0.05, 0) is 97.9 Å². The van der Waals surface area contributed by atoms with E-state index >= 15 is 0 Å². The van der Waals surface area contributed by atoms with Crippen LogP contribution in [0, 0.1) is 23.7 Å². The number of esters is 1. The van der Waals surface area contributed by atoms with Gasteiger partial charge in [-0.25, -0.2) is 4.79 Å². The van der Waals surface area contributed by atoms with Crippen molar-refractivity contribution in [3.8, 4) is 5.75 Å². The molecule has 0 aliphatic heterocycles. The molecule has 4 aliphatic rings. The SMILES string of the molecule is CC1(OC(=O)COc2ccc(C(Cc3ccccc3)c3ccccc3)cc2)C2CC3CC(C2)CC1C3. The molecule has 0 amide bonds. The third-order valence-electron chi connectivity index (χ3n) is 9.22. The van der Waals surface area contributed by atoms with Gasteiger partial charge in [-0.3, -0.25) is 0 Å². The highest BCUT2D eigenvalue weighted by Gasteiger charge is 2.57. The number of rotatable bonds is 8. The van der Waals surface area contributed by atoms with Gasteiger partial charge >= 0.3 is 5.97 Å². The zero-order chi connectivity index (χ0) is 24.5. The Morgan fingerprint density at radius 1 is 0.778 bits per heavy atom. The third-order valence-corrected chi connectivity index (χ3v) is 9.22. The number of carbonyl (C=O) groups is 1. The zero-order valence-electron chi connectivity index (χ0n) is 21.1. The summed E-state index contributed by atoms with van der Waals surface area (Å²) in [4.78, 5) is 12.8. The highest BCUT2D eigenvalue weighted by Crippen LogP contribution is 2.59. The van der Waals surface area contributed by atoms with Gasteiger partial charge in [0.15, 0.2) is 6.61 Å². The summed E-state index contributed by atoms with van der Waals surface area (Å²) in [5, 5.41) is 0. The first-order valence-corrected chi connectivity index (χ1v) is 13.6. The van der Waals surface area contributed by atoms with Crippen LogP contribution in [0.15, 0.2) is 84.9 Å². The van der Waals surface area contributed by atoms with E-state index in [0.717, 1.165) is 18.3 Å². The Bertz CT molecular complexity index is 1140. The minimum absolute atomic E-state index is 0.0344. The maximum atomic E-state index is 12.8. The van der Waals surface area contributed by atoms with E-state index in [9.17, 15) is 4.79 Å². The third kappa shape index (κ3) is 4.68. The number of ether oxygens (including phenoxy) is 2. The van der Waals surface area contributed by atoms with E-state index in [2.05, 4.69) is 79.7 Å². The molecule has 0 heterocycles. The Hall–Kier alpha value is -3.07. The van der Waals surface area contributed by atoms with Gasteiger partial charge in [0.1, 0.15) is 11.4 Å². The summed E-state index contributed by atoms with van der Waals surface area (Å²) in [6, 6.07) is 29.5. The molecule has 0 aromatic heterocycles. The lowest BCUT2D eigenvalue weighted by molar-refractivity contribution is -0.204. The summed E-state index contributed by atoms with van der Waals surface area (Å²) in [5.74, 6) is 3.49. The van der Waals surface area contributed by atoms with Crippen molar-refractivity contribution < 1.29 is 14.3 Å². The fourth-order valence-electron chi connectivity index (χ4n) is 7.46. The average molecular weight is 481 g/mol. The summed E-state index contributed by atoms with van der Waals surface area (Å²) in [6.45, 7) is 2.15. The number of benzene rings is 3. The van der Waals surface area contributed by atoms with Gasteiger partial charge in [-0.1, -0.05) is 72.8 Å². The van der Waals surface area contributed by atoms with Crippen LogP contribution in [0.1, 0.15) is 61.6 Å². The lowest BCUT2D eigenvalue weighted by atomic mass is 9.50. The Kier molecular flexibility index (Phi) is 6.33. The van der Waals surface area contributed by atoms with Gasteiger partial charge in [0.05, 0.1) is 0 Å². The summed E-state index contributed by atoms with van der Waals surface area (Å²) < 4.78 is 12.0. The van der Waals surface area contributed by atoms with Crippen molar-refractivity contribution in [2.45, 2.75) is 57.0 Å². The first-order valence-electron chi connectivity index (χ1n) is 13.6. The molecule has 1 unspecified atom stereocenters. The number of carbonyl (C=O) groups excluding carboxylic acids is 1. The number of hydrogen-bond acceptors (Lipinski definition) is 3. The highest BCUT2D eigenvalue weighted by molar-refractivity contribution is 5.71. The fraction of sp³-hybridized carbons (Fsp3) is 0.424. The maximum Gasteiger partial charge on any atom is 0.344 e. The quantitative estimate of drug-likeness (QED) is 0.320. The van der Waals surface area contributed by atoms with E-state index in [1.54, 1.807) is 0 Å². The van der Waals surface area contributed by atoms with E-state index in [1.807, 2.05) is 12.1 Å². The second kappa shape index (κ2) is 9.76. The van der Waals surface area contributed by atoms with Crippen molar-refractivity contribution in [2.75, 3.05) is 6.61 Å². The topological polar surface area (TPSA) is 35.5 Å². The smallest absolute Gasteiger partial charge is 0.344 e. The maximum absolute atomic E-state index is 12.8. The molecular weight excluding hydrogens is 444 g/mol. The fourth-order valence-corrected chi connectivity index (χ4v) is 7.46. The molecule has 1 atom stereocenters. The molecule has 3 aromatic carbocycles. The van der Waals surface area contributed by atoms with Crippen LogP contribution in [-0.4, -0.2) is 18.2 Å². The van der Waals surface area contributed by atoms with Crippen LogP contribution in [-0.2, 0) is 16.0 Å². The van der Waals surface area contributed by atoms with Crippen molar-refractivity contribution in [1.29, 1.82) is 0 Å². The summed E-state index contributed by atoms with van der Waals surface area (Å²) in [7, 11) is 0. The zero-order valence-corrected chi connectivity index (χ0v) is 21.1. The Labute approximate surface area is 214 Å². The summed E-state index contributed by atoms with van der Waals surface area (Å²) in [6.07, 6.45) is 7.23. The van der Waals surface area contributed by atoms with E-state index in [-0.39, 0.29) is 24.1 Å². The van der Waals surface area contributed by atoms with Gasteiger partial charge in [0.2, 0.25) is 0 Å². The molecule has 0 saturated heterocycles. The average Bonchev–Trinajstić information content (AvgIpc) is 2.90. The highest BCUT2D eigenvalue weighted by atomic mass is 16.6. The lowest BCUT2D eigenvalue weighted by Gasteiger charge is -2.59. The molecule has 3 nitrogen and oxygen atoms in total. The predicted octanol–water partition coefficient (Wildman–Crippen LogP) is 7.20. The van der Waals surface area contributed by atoms with Gasteiger partial charge in [0, 0.05) is 5.92 Å². The normalized spacial score (nSPS) is 29.0. The summed E-state index contributed by atoms with van der Waals surface area (Å²) >= 11 is 0. The van der Waals surface area contributed by atoms with Gasteiger partial charge in [-0.2, -0.15) is 0 Å². The minimum Gasteiger partial charge on any atom is -0.482 e. The molecular formula is C33H36O3. The van der Waals surface area contributed by atoms with Crippen molar-refractivity contribution in [2.24, 2.45) is 23.7 Å². The second-order valence-corrected chi connectivity index (χ2v) is 11.5. The molecule has 4 saturated carbocycles. The Morgan fingerprint density at radius 3 is 1.94 bits per heavy atom. The molecule has 0 radical (unpaired) electrons. The first kappa shape index (κ1) is 23.3. The van der Waals surface area contributed by atoms with Crippen LogP contribution in [0.3, 0.4) is 0 Å². The van der Waals surface area contributed by atoms with Crippen LogP contribution in [0.25, 0.3) is 0 Å². The lowest BCUT2D eigenvalue weighted by Crippen LogP contribution is -2.58. The first-order chi connectivity index (χ1) is 17.6. The minimum atomic E-state index is -0.307. The molecule has 3 aromatic rings. The van der Waals surface area contributed by atoms with Crippen molar-refractivity contribution in [3.63, 3.8) is 0 Å². The largest absolute Gasteiger partial charge is 0.482 e. The van der Waals surface area contributed by atoms with Crippen LogP contribution in [0.4, 0.5) is 0 Å². The molecule has 186 valence electrons. The van der Waals surface area contributed by atoms with Crippen LogP contribution >= 0.6 is 0 Å². The van der Waals surface area contributed by atoms with Crippen LogP contribution < -0.4 is 4.74 Å². The van der Waals surface area contributed by atoms with Crippen molar-refractivity contribution in [3.05, 3.63) is 102 Å². The van der Waals surface area contributed by atoms with E-state index in [0.29, 0.717) is 17.6 Å². The van der Waals surface area contributed by atoms with Crippen LogP contribution in [0.5, 0.6) is 5.75 Å².